The number of nitrogens with one attached hydrogen (secondary N) is 1. The van der Waals surface area contributed by atoms with Crippen molar-refractivity contribution in [3.8, 4) is 5.75 Å². The molecule has 1 aromatic rings. The minimum absolute atomic E-state index is 0.0887. The molecule has 1 aliphatic rings. The van der Waals surface area contributed by atoms with Gasteiger partial charge in [-0.15, -0.1) is 11.8 Å². The fourth-order valence-corrected chi connectivity index (χ4v) is 3.04. The van der Waals surface area contributed by atoms with Crippen molar-refractivity contribution < 1.29 is 4.74 Å². The summed E-state index contributed by atoms with van der Waals surface area (Å²) in [5.74, 6) is 0.854. The van der Waals surface area contributed by atoms with E-state index in [4.69, 9.17) is 15.9 Å². The van der Waals surface area contributed by atoms with E-state index in [2.05, 4.69) is 0 Å². The SMILES string of the molecule is CSc1cccc(OC2CCCCC2)c1C(=N)N. The van der Waals surface area contributed by atoms with Crippen molar-refractivity contribution >= 4 is 17.6 Å². The van der Waals surface area contributed by atoms with Gasteiger partial charge in [-0.3, -0.25) is 5.41 Å². The van der Waals surface area contributed by atoms with Crippen molar-refractivity contribution in [2.75, 3.05) is 6.26 Å². The van der Waals surface area contributed by atoms with E-state index in [9.17, 15) is 0 Å². The average Bonchev–Trinajstić information content (AvgIpc) is 2.39. The smallest absolute Gasteiger partial charge is 0.131 e. The second-order valence-electron chi connectivity index (χ2n) is 4.62. The highest BCUT2D eigenvalue weighted by Crippen LogP contribution is 2.31. The highest BCUT2D eigenvalue weighted by atomic mass is 32.2. The van der Waals surface area contributed by atoms with Gasteiger partial charge in [-0.2, -0.15) is 0 Å². The van der Waals surface area contributed by atoms with E-state index >= 15 is 0 Å². The van der Waals surface area contributed by atoms with Crippen molar-refractivity contribution in [1.29, 1.82) is 5.41 Å². The van der Waals surface area contributed by atoms with Crippen molar-refractivity contribution in [2.24, 2.45) is 5.73 Å². The van der Waals surface area contributed by atoms with Crippen molar-refractivity contribution in [3.63, 3.8) is 0 Å². The summed E-state index contributed by atoms with van der Waals surface area (Å²) in [4.78, 5) is 1.01. The van der Waals surface area contributed by atoms with Crippen LogP contribution in [0.4, 0.5) is 0 Å². The van der Waals surface area contributed by atoms with E-state index < -0.39 is 0 Å². The molecule has 18 heavy (non-hydrogen) atoms. The first-order valence-corrected chi connectivity index (χ1v) is 7.63. The van der Waals surface area contributed by atoms with Gasteiger partial charge in [0.1, 0.15) is 11.6 Å². The zero-order valence-electron chi connectivity index (χ0n) is 10.7. The number of ether oxygens (including phenoxy) is 1. The minimum atomic E-state index is 0.0887. The molecule has 0 bridgehead atoms. The van der Waals surface area contributed by atoms with Gasteiger partial charge in [0.05, 0.1) is 11.7 Å². The summed E-state index contributed by atoms with van der Waals surface area (Å²) in [7, 11) is 0. The molecule has 0 saturated heterocycles. The third-order valence-corrected chi connectivity index (χ3v) is 4.10. The second kappa shape index (κ2) is 6.14. The van der Waals surface area contributed by atoms with Gasteiger partial charge in [0.25, 0.3) is 0 Å². The van der Waals surface area contributed by atoms with Crippen LogP contribution in [-0.4, -0.2) is 18.2 Å². The molecule has 0 aliphatic heterocycles. The number of nitrogen functional groups attached to an aromatic ring is 1. The van der Waals surface area contributed by atoms with Crippen LogP contribution in [0.3, 0.4) is 0 Å². The molecule has 0 atom stereocenters. The standard InChI is InChI=1S/C14H20N2OS/c1-18-12-9-5-8-11(13(12)14(15)16)17-10-6-3-2-4-7-10/h5,8-10H,2-4,6-7H2,1H3,(H3,15,16). The molecule has 1 fully saturated rings. The topological polar surface area (TPSA) is 59.1 Å². The van der Waals surface area contributed by atoms with Crippen molar-refractivity contribution in [1.82, 2.24) is 0 Å². The van der Waals surface area contributed by atoms with Gasteiger partial charge in [-0.05, 0) is 44.1 Å². The van der Waals surface area contributed by atoms with E-state index in [0.717, 1.165) is 29.1 Å². The Hall–Kier alpha value is -1.16. The van der Waals surface area contributed by atoms with E-state index in [1.807, 2.05) is 24.5 Å². The van der Waals surface area contributed by atoms with Crippen LogP contribution in [-0.2, 0) is 0 Å². The Balaban J connectivity index is 2.23. The lowest BCUT2D eigenvalue weighted by Gasteiger charge is -2.24. The highest BCUT2D eigenvalue weighted by molar-refractivity contribution is 7.98. The maximum atomic E-state index is 7.72. The van der Waals surface area contributed by atoms with Crippen molar-refractivity contribution in [2.45, 2.75) is 43.1 Å². The third kappa shape index (κ3) is 2.99. The molecule has 4 heteroatoms. The van der Waals surface area contributed by atoms with Crippen LogP contribution in [0.2, 0.25) is 0 Å². The van der Waals surface area contributed by atoms with Crippen LogP contribution in [0.25, 0.3) is 0 Å². The zero-order valence-corrected chi connectivity index (χ0v) is 11.6. The minimum Gasteiger partial charge on any atom is -0.490 e. The highest BCUT2D eigenvalue weighted by Gasteiger charge is 2.18. The number of thioether (sulfide) groups is 1. The largest absolute Gasteiger partial charge is 0.490 e. The van der Waals surface area contributed by atoms with Crippen LogP contribution >= 0.6 is 11.8 Å². The van der Waals surface area contributed by atoms with Gasteiger partial charge in [0.15, 0.2) is 0 Å². The molecular formula is C14H20N2OS. The van der Waals surface area contributed by atoms with Crippen LogP contribution < -0.4 is 10.5 Å². The molecule has 0 unspecified atom stereocenters. The molecule has 2 rings (SSSR count). The Morgan fingerprint density at radius 3 is 2.67 bits per heavy atom. The molecule has 0 radical (unpaired) electrons. The summed E-state index contributed by atoms with van der Waals surface area (Å²) in [5, 5.41) is 7.72. The van der Waals surface area contributed by atoms with Crippen LogP contribution in [0, 0.1) is 5.41 Å². The van der Waals surface area contributed by atoms with Crippen LogP contribution in [0.5, 0.6) is 5.75 Å². The summed E-state index contributed by atoms with van der Waals surface area (Å²) in [6.45, 7) is 0. The normalized spacial score (nSPS) is 16.5. The fourth-order valence-electron chi connectivity index (χ4n) is 2.41. The number of hydrogen-bond acceptors (Lipinski definition) is 3. The lowest BCUT2D eigenvalue weighted by molar-refractivity contribution is 0.154. The molecule has 3 N–H and O–H groups in total. The van der Waals surface area contributed by atoms with E-state index in [0.29, 0.717) is 0 Å². The van der Waals surface area contributed by atoms with E-state index in [1.54, 1.807) is 11.8 Å². The lowest BCUT2D eigenvalue weighted by atomic mass is 9.97. The number of amidine groups is 1. The van der Waals surface area contributed by atoms with Gasteiger partial charge < -0.3 is 10.5 Å². The van der Waals surface area contributed by atoms with Gasteiger partial charge in [-0.1, -0.05) is 12.5 Å². The first kappa shape index (κ1) is 13.3. The summed E-state index contributed by atoms with van der Waals surface area (Å²) in [5.41, 5.74) is 6.43. The Kier molecular flexibility index (Phi) is 4.53. The molecule has 0 amide bonds. The number of rotatable bonds is 4. The first-order chi connectivity index (χ1) is 8.72. The Bertz CT molecular complexity index is 428. The summed E-state index contributed by atoms with van der Waals surface area (Å²) >= 11 is 1.60. The Labute approximate surface area is 113 Å². The first-order valence-electron chi connectivity index (χ1n) is 6.40. The third-order valence-electron chi connectivity index (χ3n) is 3.32. The van der Waals surface area contributed by atoms with Crippen molar-refractivity contribution in [3.05, 3.63) is 23.8 Å². The molecule has 98 valence electrons. The van der Waals surface area contributed by atoms with Gasteiger partial charge in [-0.25, -0.2) is 0 Å². The molecule has 0 aromatic heterocycles. The molecular weight excluding hydrogens is 244 g/mol. The number of hydrogen-bond donors (Lipinski definition) is 2. The summed E-state index contributed by atoms with van der Waals surface area (Å²) in [6.07, 6.45) is 8.29. The Morgan fingerprint density at radius 2 is 2.06 bits per heavy atom. The molecule has 0 heterocycles. The van der Waals surface area contributed by atoms with Crippen LogP contribution in [0.15, 0.2) is 23.1 Å². The van der Waals surface area contributed by atoms with Gasteiger partial charge >= 0.3 is 0 Å². The van der Waals surface area contributed by atoms with Gasteiger partial charge in [0.2, 0.25) is 0 Å². The monoisotopic (exact) mass is 264 g/mol. The second-order valence-corrected chi connectivity index (χ2v) is 5.47. The van der Waals surface area contributed by atoms with Gasteiger partial charge in [0, 0.05) is 4.90 Å². The lowest BCUT2D eigenvalue weighted by Crippen LogP contribution is -2.22. The zero-order chi connectivity index (χ0) is 13.0. The summed E-state index contributed by atoms with van der Waals surface area (Å²) in [6, 6.07) is 5.87. The fraction of sp³-hybridized carbons (Fsp3) is 0.500. The number of benzene rings is 1. The molecule has 3 nitrogen and oxygen atoms in total. The van der Waals surface area contributed by atoms with E-state index in [-0.39, 0.29) is 11.9 Å². The van der Waals surface area contributed by atoms with E-state index in [1.165, 1.54) is 19.3 Å². The summed E-state index contributed by atoms with van der Waals surface area (Å²) < 4.78 is 6.06. The average molecular weight is 264 g/mol. The predicted octanol–water partition coefficient (Wildman–Crippen LogP) is 3.40. The Morgan fingerprint density at radius 1 is 1.33 bits per heavy atom. The molecule has 1 aromatic carbocycles. The molecule has 1 saturated carbocycles. The number of nitrogens with two attached hydrogens (primary N) is 1. The maximum absolute atomic E-state index is 7.72. The predicted molar refractivity (Wildman–Crippen MR) is 76.7 cm³/mol. The molecule has 0 spiro atoms. The molecule has 1 aliphatic carbocycles. The van der Waals surface area contributed by atoms with Crippen LogP contribution in [0.1, 0.15) is 37.7 Å². The maximum Gasteiger partial charge on any atom is 0.131 e. The quantitative estimate of drug-likeness (QED) is 0.498.